The van der Waals surface area contributed by atoms with Gasteiger partial charge in [-0.2, -0.15) is 0 Å². The van der Waals surface area contributed by atoms with E-state index in [0.717, 1.165) is 5.92 Å². The molecule has 1 N–H and O–H groups in total. The van der Waals surface area contributed by atoms with E-state index in [1.165, 1.54) is 43.7 Å². The molecule has 2 rings (SSSR count). The van der Waals surface area contributed by atoms with E-state index in [1.54, 1.807) is 0 Å². The number of hydrogen-bond donors (Lipinski definition) is 1. The van der Waals surface area contributed by atoms with Gasteiger partial charge in [0.1, 0.15) is 0 Å². The standard InChI is InChI=1S/C16H26N2/c1-13(2)12-14(3)17-15-6-8-16(9-7-15)18-10-4-5-11-18/h6-9,13-14,17H,4-5,10-12H2,1-3H3. The van der Waals surface area contributed by atoms with Crippen LogP contribution in [0.15, 0.2) is 24.3 Å². The summed E-state index contributed by atoms with van der Waals surface area (Å²) in [6.07, 6.45) is 3.89. The third-order valence-corrected chi connectivity index (χ3v) is 3.58. The number of nitrogens with zero attached hydrogens (tertiary/aromatic N) is 1. The predicted octanol–water partition coefficient (Wildman–Crippen LogP) is 4.13. The third kappa shape index (κ3) is 3.66. The van der Waals surface area contributed by atoms with Crippen molar-refractivity contribution in [2.45, 2.75) is 46.1 Å². The second kappa shape index (κ2) is 6.12. The molecule has 2 heteroatoms. The summed E-state index contributed by atoms with van der Waals surface area (Å²) in [5.74, 6) is 0.747. The van der Waals surface area contributed by atoms with Crippen molar-refractivity contribution in [2.75, 3.05) is 23.3 Å². The Morgan fingerprint density at radius 1 is 1.06 bits per heavy atom. The molecule has 0 bridgehead atoms. The van der Waals surface area contributed by atoms with Gasteiger partial charge in [0.2, 0.25) is 0 Å². The van der Waals surface area contributed by atoms with Crippen molar-refractivity contribution >= 4 is 11.4 Å². The zero-order chi connectivity index (χ0) is 13.0. The normalized spacial score (nSPS) is 17.2. The van der Waals surface area contributed by atoms with Crippen LogP contribution in [-0.2, 0) is 0 Å². The van der Waals surface area contributed by atoms with Gasteiger partial charge in [0.05, 0.1) is 0 Å². The van der Waals surface area contributed by atoms with Crippen molar-refractivity contribution in [3.63, 3.8) is 0 Å². The molecule has 0 aromatic heterocycles. The van der Waals surface area contributed by atoms with Crippen LogP contribution in [0.3, 0.4) is 0 Å². The number of benzene rings is 1. The van der Waals surface area contributed by atoms with Crippen LogP contribution in [0.25, 0.3) is 0 Å². The number of rotatable bonds is 5. The topological polar surface area (TPSA) is 15.3 Å². The van der Waals surface area contributed by atoms with Crippen molar-refractivity contribution in [2.24, 2.45) is 5.92 Å². The minimum Gasteiger partial charge on any atom is -0.383 e. The molecule has 0 aliphatic carbocycles. The fraction of sp³-hybridized carbons (Fsp3) is 0.625. The summed E-state index contributed by atoms with van der Waals surface area (Å²) in [6, 6.07) is 9.46. The Hall–Kier alpha value is -1.18. The molecule has 0 spiro atoms. The highest BCUT2D eigenvalue weighted by atomic mass is 15.1. The van der Waals surface area contributed by atoms with E-state index in [-0.39, 0.29) is 0 Å². The Morgan fingerprint density at radius 3 is 2.22 bits per heavy atom. The fourth-order valence-electron chi connectivity index (χ4n) is 2.79. The van der Waals surface area contributed by atoms with Crippen molar-refractivity contribution in [1.82, 2.24) is 0 Å². The van der Waals surface area contributed by atoms with Crippen LogP contribution < -0.4 is 10.2 Å². The van der Waals surface area contributed by atoms with Gasteiger partial charge >= 0.3 is 0 Å². The van der Waals surface area contributed by atoms with Gasteiger partial charge < -0.3 is 10.2 Å². The molecule has 1 aromatic rings. The zero-order valence-electron chi connectivity index (χ0n) is 11.9. The minimum absolute atomic E-state index is 0.544. The minimum atomic E-state index is 0.544. The summed E-state index contributed by atoms with van der Waals surface area (Å²) in [6.45, 7) is 9.24. The van der Waals surface area contributed by atoms with Gasteiger partial charge in [0.15, 0.2) is 0 Å². The molecule has 1 atom stereocenters. The van der Waals surface area contributed by atoms with Crippen LogP contribution in [0.5, 0.6) is 0 Å². The average Bonchev–Trinajstić information content (AvgIpc) is 2.82. The maximum Gasteiger partial charge on any atom is 0.0367 e. The average molecular weight is 246 g/mol. The lowest BCUT2D eigenvalue weighted by molar-refractivity contribution is 0.540. The summed E-state index contributed by atoms with van der Waals surface area (Å²) in [5, 5.41) is 3.57. The summed E-state index contributed by atoms with van der Waals surface area (Å²) < 4.78 is 0. The van der Waals surface area contributed by atoms with Gasteiger partial charge in [-0.05, 0) is 56.4 Å². The molecule has 100 valence electrons. The van der Waals surface area contributed by atoms with E-state index in [9.17, 15) is 0 Å². The van der Waals surface area contributed by atoms with Gasteiger partial charge in [-0.1, -0.05) is 13.8 Å². The quantitative estimate of drug-likeness (QED) is 0.840. The van der Waals surface area contributed by atoms with Crippen LogP contribution in [0, 0.1) is 5.92 Å². The van der Waals surface area contributed by atoms with Crippen LogP contribution in [0.2, 0.25) is 0 Å². The largest absolute Gasteiger partial charge is 0.383 e. The molecule has 0 saturated carbocycles. The molecule has 1 saturated heterocycles. The third-order valence-electron chi connectivity index (χ3n) is 3.58. The number of nitrogens with one attached hydrogen (secondary N) is 1. The monoisotopic (exact) mass is 246 g/mol. The van der Waals surface area contributed by atoms with E-state index in [1.807, 2.05) is 0 Å². The molecular formula is C16H26N2. The van der Waals surface area contributed by atoms with Crippen LogP contribution in [-0.4, -0.2) is 19.1 Å². The van der Waals surface area contributed by atoms with Crippen LogP contribution >= 0.6 is 0 Å². The van der Waals surface area contributed by atoms with E-state index in [2.05, 4.69) is 55.3 Å². The number of anilines is 2. The zero-order valence-corrected chi connectivity index (χ0v) is 11.9. The van der Waals surface area contributed by atoms with Gasteiger partial charge in [-0.25, -0.2) is 0 Å². The molecule has 1 heterocycles. The highest BCUT2D eigenvalue weighted by molar-refractivity contribution is 5.55. The van der Waals surface area contributed by atoms with Crippen molar-refractivity contribution < 1.29 is 0 Å². The summed E-state index contributed by atoms with van der Waals surface area (Å²) >= 11 is 0. The highest BCUT2D eigenvalue weighted by Gasteiger charge is 2.12. The Morgan fingerprint density at radius 2 is 1.67 bits per heavy atom. The van der Waals surface area contributed by atoms with Gasteiger partial charge in [-0.3, -0.25) is 0 Å². The maximum atomic E-state index is 3.57. The molecular weight excluding hydrogens is 220 g/mol. The second-order valence-corrected chi connectivity index (χ2v) is 5.92. The Labute approximate surface area is 111 Å². The van der Waals surface area contributed by atoms with Gasteiger partial charge in [0, 0.05) is 30.5 Å². The van der Waals surface area contributed by atoms with Crippen molar-refractivity contribution in [1.29, 1.82) is 0 Å². The van der Waals surface area contributed by atoms with Gasteiger partial charge in [0.25, 0.3) is 0 Å². The van der Waals surface area contributed by atoms with E-state index in [4.69, 9.17) is 0 Å². The molecule has 1 aliphatic rings. The molecule has 18 heavy (non-hydrogen) atoms. The Kier molecular flexibility index (Phi) is 4.51. The molecule has 1 fully saturated rings. The molecule has 1 aliphatic heterocycles. The predicted molar refractivity (Wildman–Crippen MR) is 80.4 cm³/mol. The Bertz CT molecular complexity index is 350. The molecule has 1 aromatic carbocycles. The summed E-state index contributed by atoms with van der Waals surface area (Å²) in [7, 11) is 0. The lowest BCUT2D eigenvalue weighted by Gasteiger charge is -2.20. The second-order valence-electron chi connectivity index (χ2n) is 5.92. The van der Waals surface area contributed by atoms with Crippen molar-refractivity contribution in [3.8, 4) is 0 Å². The van der Waals surface area contributed by atoms with Gasteiger partial charge in [-0.15, -0.1) is 0 Å². The van der Waals surface area contributed by atoms with Crippen molar-refractivity contribution in [3.05, 3.63) is 24.3 Å². The molecule has 0 radical (unpaired) electrons. The van der Waals surface area contributed by atoms with Crippen LogP contribution in [0.1, 0.15) is 40.0 Å². The molecule has 1 unspecified atom stereocenters. The van der Waals surface area contributed by atoms with E-state index < -0.39 is 0 Å². The summed E-state index contributed by atoms with van der Waals surface area (Å²) in [5.41, 5.74) is 2.61. The first kappa shape index (κ1) is 13.3. The lowest BCUT2D eigenvalue weighted by Crippen LogP contribution is -2.18. The summed E-state index contributed by atoms with van der Waals surface area (Å²) in [4.78, 5) is 2.47. The highest BCUT2D eigenvalue weighted by Crippen LogP contribution is 2.22. The first-order valence-electron chi connectivity index (χ1n) is 7.26. The Balaban J connectivity index is 1.90. The van der Waals surface area contributed by atoms with E-state index in [0.29, 0.717) is 6.04 Å². The molecule has 2 nitrogen and oxygen atoms in total. The first-order chi connectivity index (χ1) is 8.65. The SMILES string of the molecule is CC(C)CC(C)Nc1ccc(N2CCCC2)cc1. The lowest BCUT2D eigenvalue weighted by atomic mass is 10.1. The van der Waals surface area contributed by atoms with E-state index >= 15 is 0 Å². The molecule has 0 amide bonds. The fourth-order valence-corrected chi connectivity index (χ4v) is 2.79. The maximum absolute atomic E-state index is 3.57. The first-order valence-corrected chi connectivity index (χ1v) is 7.26. The van der Waals surface area contributed by atoms with Crippen LogP contribution in [0.4, 0.5) is 11.4 Å². The number of hydrogen-bond acceptors (Lipinski definition) is 2. The smallest absolute Gasteiger partial charge is 0.0367 e.